The molecule has 0 radical (unpaired) electrons. The molecule has 176 valence electrons. The lowest BCUT2D eigenvalue weighted by Crippen LogP contribution is -2.31. The van der Waals surface area contributed by atoms with Crippen molar-refractivity contribution >= 4 is 40.0 Å². The minimum absolute atomic E-state index is 0.0799. The quantitative estimate of drug-likeness (QED) is 0.408. The smallest absolute Gasteiger partial charge is 0.350 e. The minimum atomic E-state index is -0.582. The molecular weight excluding hydrogens is 458 g/mol. The van der Waals surface area contributed by atoms with Crippen molar-refractivity contribution < 1.29 is 9.59 Å². The van der Waals surface area contributed by atoms with Crippen LogP contribution in [-0.4, -0.2) is 36.5 Å². The summed E-state index contributed by atoms with van der Waals surface area (Å²) in [5.74, 6) is -0.553. The minimum Gasteiger partial charge on any atom is -0.350 e. The average molecular weight is 482 g/mol. The van der Waals surface area contributed by atoms with Gasteiger partial charge in [0.05, 0.1) is 10.9 Å². The van der Waals surface area contributed by atoms with Gasteiger partial charge in [0.2, 0.25) is 5.78 Å². The average Bonchev–Trinajstić information content (AvgIpc) is 3.11. The highest BCUT2D eigenvalue weighted by Gasteiger charge is 2.20. The topological polar surface area (TPSA) is 107 Å². The Morgan fingerprint density at radius 3 is 2.53 bits per heavy atom. The molecule has 0 aliphatic carbocycles. The van der Waals surface area contributed by atoms with E-state index in [2.05, 4.69) is 10.4 Å². The van der Waals surface area contributed by atoms with Gasteiger partial charge >= 0.3 is 5.69 Å². The first-order chi connectivity index (χ1) is 16.2. The molecule has 10 heteroatoms. The SMILES string of the molecule is CCCn1c(=O)c2ccc(C(=O)NC(C)C)cc2n2c(=O)n(CC(=O)c3cccc(Cl)c3)nc12. The Hall–Kier alpha value is -3.72. The summed E-state index contributed by atoms with van der Waals surface area (Å²) in [4.78, 5) is 51.9. The Bertz CT molecular complexity index is 1550. The first-order valence-electron chi connectivity index (χ1n) is 11.0. The van der Waals surface area contributed by atoms with Gasteiger partial charge in [-0.25, -0.2) is 13.9 Å². The Labute approximate surface area is 199 Å². The molecule has 0 spiro atoms. The molecule has 0 saturated heterocycles. The summed E-state index contributed by atoms with van der Waals surface area (Å²) in [5.41, 5.74) is 0.0139. The molecule has 1 amide bonds. The van der Waals surface area contributed by atoms with E-state index in [-0.39, 0.29) is 46.5 Å². The van der Waals surface area contributed by atoms with Gasteiger partial charge in [-0.05, 0) is 50.6 Å². The van der Waals surface area contributed by atoms with E-state index in [0.29, 0.717) is 29.1 Å². The third-order valence-corrected chi connectivity index (χ3v) is 5.58. The fourth-order valence-electron chi connectivity index (χ4n) is 3.82. The highest BCUT2D eigenvalue weighted by molar-refractivity contribution is 6.31. The van der Waals surface area contributed by atoms with Crippen LogP contribution in [0.1, 0.15) is 47.9 Å². The normalized spacial score (nSPS) is 11.4. The van der Waals surface area contributed by atoms with Gasteiger partial charge < -0.3 is 5.32 Å². The molecule has 0 aliphatic heterocycles. The van der Waals surface area contributed by atoms with Gasteiger partial charge in [-0.2, -0.15) is 0 Å². The third-order valence-electron chi connectivity index (χ3n) is 5.35. The summed E-state index contributed by atoms with van der Waals surface area (Å²) in [5, 5.41) is 7.82. The standard InChI is InChI=1S/C24H24ClN5O4/c1-4-10-28-22(33)18-9-8-16(21(32)26-14(2)3)12-19(18)30-23(28)27-29(24(30)34)13-20(31)15-6-5-7-17(25)11-15/h5-9,11-12,14H,4,10,13H2,1-3H3,(H,26,32). The molecule has 0 bridgehead atoms. The number of benzene rings is 2. The van der Waals surface area contributed by atoms with E-state index in [4.69, 9.17) is 11.6 Å². The summed E-state index contributed by atoms with van der Waals surface area (Å²) < 4.78 is 3.73. The van der Waals surface area contributed by atoms with Crippen LogP contribution in [0.3, 0.4) is 0 Å². The highest BCUT2D eigenvalue weighted by atomic mass is 35.5. The van der Waals surface area contributed by atoms with E-state index in [9.17, 15) is 19.2 Å². The Balaban J connectivity index is 1.92. The number of hydrogen-bond donors (Lipinski definition) is 1. The molecule has 0 atom stereocenters. The first-order valence-corrected chi connectivity index (χ1v) is 11.3. The molecule has 0 aliphatic rings. The maximum Gasteiger partial charge on any atom is 0.352 e. The molecule has 2 heterocycles. The van der Waals surface area contributed by atoms with Crippen molar-refractivity contribution in [2.45, 2.75) is 46.3 Å². The number of aromatic nitrogens is 4. The number of fused-ring (bicyclic) bond motifs is 3. The molecule has 1 N–H and O–H groups in total. The van der Waals surface area contributed by atoms with Crippen LogP contribution in [0.5, 0.6) is 0 Å². The highest BCUT2D eigenvalue weighted by Crippen LogP contribution is 2.16. The van der Waals surface area contributed by atoms with Crippen LogP contribution in [0, 0.1) is 0 Å². The molecule has 0 saturated carbocycles. The lowest BCUT2D eigenvalue weighted by atomic mass is 10.1. The van der Waals surface area contributed by atoms with Crippen LogP contribution in [0.2, 0.25) is 5.02 Å². The van der Waals surface area contributed by atoms with E-state index in [1.807, 2.05) is 20.8 Å². The van der Waals surface area contributed by atoms with Crippen molar-refractivity contribution in [2.75, 3.05) is 0 Å². The third kappa shape index (κ3) is 4.26. The maximum atomic E-state index is 13.4. The maximum absolute atomic E-state index is 13.4. The Morgan fingerprint density at radius 1 is 1.09 bits per heavy atom. The summed E-state index contributed by atoms with van der Waals surface area (Å²) in [7, 11) is 0. The molecule has 4 rings (SSSR count). The van der Waals surface area contributed by atoms with Crippen LogP contribution in [-0.2, 0) is 13.1 Å². The van der Waals surface area contributed by atoms with Crippen LogP contribution < -0.4 is 16.6 Å². The van der Waals surface area contributed by atoms with Gasteiger partial charge in [-0.1, -0.05) is 30.7 Å². The van der Waals surface area contributed by atoms with Crippen molar-refractivity contribution in [2.24, 2.45) is 0 Å². The lowest BCUT2D eigenvalue weighted by molar-refractivity contribution is 0.0940. The predicted octanol–water partition coefficient (Wildman–Crippen LogP) is 2.90. The second-order valence-electron chi connectivity index (χ2n) is 8.33. The number of Topliss-reactive ketones (excluding diaryl/α,β-unsaturated/α-hetero) is 1. The van der Waals surface area contributed by atoms with Crippen LogP contribution >= 0.6 is 11.6 Å². The zero-order valence-corrected chi connectivity index (χ0v) is 19.8. The number of carbonyl (C=O) groups excluding carboxylic acids is 2. The van der Waals surface area contributed by atoms with Crippen molar-refractivity contribution in [3.05, 3.63) is 79.5 Å². The van der Waals surface area contributed by atoms with Gasteiger partial charge in [0.15, 0.2) is 5.78 Å². The molecule has 34 heavy (non-hydrogen) atoms. The van der Waals surface area contributed by atoms with Gasteiger partial charge in [0.25, 0.3) is 11.5 Å². The van der Waals surface area contributed by atoms with Gasteiger partial charge in [0.1, 0.15) is 6.54 Å². The zero-order valence-electron chi connectivity index (χ0n) is 19.0. The fourth-order valence-corrected chi connectivity index (χ4v) is 4.01. The number of nitrogens with one attached hydrogen (secondary N) is 1. The van der Waals surface area contributed by atoms with Crippen LogP contribution in [0.4, 0.5) is 0 Å². The fraction of sp³-hybridized carbons (Fsp3) is 0.292. The number of aryl methyl sites for hydroxylation is 1. The number of hydrogen-bond acceptors (Lipinski definition) is 5. The van der Waals surface area contributed by atoms with Gasteiger partial charge in [0, 0.05) is 28.7 Å². The number of nitrogens with zero attached hydrogens (tertiary/aromatic N) is 4. The number of rotatable bonds is 7. The summed E-state index contributed by atoms with van der Waals surface area (Å²) in [6.07, 6.45) is 0.637. The molecule has 2 aromatic heterocycles. The second-order valence-corrected chi connectivity index (χ2v) is 8.76. The number of halogens is 1. The molecule has 0 fully saturated rings. The lowest BCUT2D eigenvalue weighted by Gasteiger charge is -2.11. The Kier molecular flexibility index (Phi) is 6.39. The zero-order chi connectivity index (χ0) is 24.6. The van der Waals surface area contributed by atoms with E-state index in [1.54, 1.807) is 30.3 Å². The van der Waals surface area contributed by atoms with Gasteiger partial charge in [-0.3, -0.25) is 19.0 Å². The van der Waals surface area contributed by atoms with Gasteiger partial charge in [-0.15, -0.1) is 5.10 Å². The van der Waals surface area contributed by atoms with Crippen molar-refractivity contribution in [3.63, 3.8) is 0 Å². The van der Waals surface area contributed by atoms with Crippen LogP contribution in [0.25, 0.3) is 16.7 Å². The number of ketones is 1. The molecule has 9 nitrogen and oxygen atoms in total. The van der Waals surface area contributed by atoms with Crippen LogP contribution in [0.15, 0.2) is 52.1 Å². The van der Waals surface area contributed by atoms with Crippen molar-refractivity contribution in [1.82, 2.24) is 24.1 Å². The second kappa shape index (κ2) is 9.26. The monoisotopic (exact) mass is 481 g/mol. The predicted molar refractivity (Wildman–Crippen MR) is 130 cm³/mol. The molecular formula is C24H24ClN5O4. The summed E-state index contributed by atoms with van der Waals surface area (Å²) in [6, 6.07) is 11.0. The largest absolute Gasteiger partial charge is 0.352 e. The van der Waals surface area contributed by atoms with Crippen molar-refractivity contribution in [1.29, 1.82) is 0 Å². The van der Waals surface area contributed by atoms with E-state index >= 15 is 0 Å². The van der Waals surface area contributed by atoms with E-state index in [0.717, 1.165) is 4.68 Å². The Morgan fingerprint density at radius 2 is 1.85 bits per heavy atom. The molecule has 2 aromatic carbocycles. The van der Waals surface area contributed by atoms with Crippen molar-refractivity contribution in [3.8, 4) is 0 Å². The van der Waals surface area contributed by atoms with E-state index < -0.39 is 5.69 Å². The van der Waals surface area contributed by atoms with E-state index in [1.165, 1.54) is 21.1 Å². The molecule has 4 aromatic rings. The number of carbonyl (C=O) groups is 2. The molecule has 0 unspecified atom stereocenters. The number of amides is 1. The summed E-state index contributed by atoms with van der Waals surface area (Å²) >= 11 is 5.99. The summed E-state index contributed by atoms with van der Waals surface area (Å²) in [6.45, 7) is 5.60. The first kappa shape index (κ1) is 23.4.